The van der Waals surface area contributed by atoms with Gasteiger partial charge in [0.15, 0.2) is 9.84 Å². The zero-order valence-electron chi connectivity index (χ0n) is 13.1. The van der Waals surface area contributed by atoms with Gasteiger partial charge in [-0.3, -0.25) is 14.8 Å². The van der Waals surface area contributed by atoms with E-state index in [1.54, 1.807) is 0 Å². The Morgan fingerprint density at radius 2 is 1.72 bits per heavy atom. The van der Waals surface area contributed by atoms with Gasteiger partial charge in [0.1, 0.15) is 0 Å². The number of nitrogens with one attached hydrogen (secondary N) is 1. The molecule has 0 unspecified atom stereocenters. The fourth-order valence-electron chi connectivity index (χ4n) is 1.99. The van der Waals surface area contributed by atoms with Crippen LogP contribution in [0.5, 0.6) is 0 Å². The van der Waals surface area contributed by atoms with Gasteiger partial charge in [0.25, 0.3) is 15.7 Å². The molecule has 1 N–H and O–H groups in total. The van der Waals surface area contributed by atoms with Crippen molar-refractivity contribution < 1.29 is 21.8 Å². The van der Waals surface area contributed by atoms with Gasteiger partial charge in [0, 0.05) is 17.9 Å². The summed E-state index contributed by atoms with van der Waals surface area (Å²) < 4.78 is 50.2. The van der Waals surface area contributed by atoms with E-state index in [1.165, 1.54) is 25.1 Å². The molecule has 0 fully saturated rings. The number of nitro groups is 1. The first-order valence-corrected chi connectivity index (χ1v) is 10.4. The number of benzene rings is 2. The zero-order chi connectivity index (χ0) is 19.0. The summed E-state index contributed by atoms with van der Waals surface area (Å²) in [5.74, 6) is 0. The number of rotatable bonds is 5. The fraction of sp³-hybridized carbons (Fsp3) is 0.143. The van der Waals surface area contributed by atoms with Gasteiger partial charge in [0.2, 0.25) is 0 Å². The van der Waals surface area contributed by atoms with Crippen LogP contribution in [0.1, 0.15) is 5.56 Å². The summed E-state index contributed by atoms with van der Waals surface area (Å²) in [4.78, 5) is 9.83. The van der Waals surface area contributed by atoms with Crippen molar-refractivity contribution in [2.45, 2.75) is 16.7 Å². The number of nitrogens with zero attached hydrogens (tertiary/aromatic N) is 1. The molecule has 0 atom stereocenters. The van der Waals surface area contributed by atoms with Crippen LogP contribution in [-0.4, -0.2) is 28.0 Å². The molecule has 2 aromatic carbocycles. The lowest BCUT2D eigenvalue weighted by Crippen LogP contribution is -2.14. The standard InChI is InChI=1S/C14H13ClN2O6S2/c1-9-13(15)7-12(8-14(9)17(18)19)25(22,23)16-10-4-3-5-11(6-10)24(2,20)21/h3-8,16H,1-2H3. The molecule has 0 saturated heterocycles. The SMILES string of the molecule is Cc1c(Cl)cc(S(=O)(=O)Nc2cccc(S(C)(=O)=O)c2)cc1[N+](=O)[O-]. The molecule has 0 bridgehead atoms. The summed E-state index contributed by atoms with van der Waals surface area (Å²) >= 11 is 5.88. The summed E-state index contributed by atoms with van der Waals surface area (Å²) in [5.41, 5.74) is -0.287. The molecule has 0 amide bonds. The number of hydrogen-bond donors (Lipinski definition) is 1. The largest absolute Gasteiger partial charge is 0.280 e. The van der Waals surface area contributed by atoms with Gasteiger partial charge in [0.05, 0.1) is 25.4 Å². The van der Waals surface area contributed by atoms with E-state index in [9.17, 15) is 26.9 Å². The van der Waals surface area contributed by atoms with Crippen molar-refractivity contribution in [3.63, 3.8) is 0 Å². The van der Waals surface area contributed by atoms with E-state index in [4.69, 9.17) is 11.6 Å². The van der Waals surface area contributed by atoms with Crippen LogP contribution in [0, 0.1) is 17.0 Å². The Bertz CT molecular complexity index is 1060. The number of sulfone groups is 1. The molecule has 2 aromatic rings. The van der Waals surface area contributed by atoms with Crippen molar-refractivity contribution in [1.82, 2.24) is 0 Å². The van der Waals surface area contributed by atoms with Gasteiger partial charge in [-0.05, 0) is 31.2 Å². The van der Waals surface area contributed by atoms with Crippen LogP contribution in [0.25, 0.3) is 0 Å². The Hall–Kier alpha value is -2.17. The smallest absolute Gasteiger partial charge is 0.275 e. The molecule has 2 rings (SSSR count). The molecular weight excluding hydrogens is 392 g/mol. The van der Waals surface area contributed by atoms with Crippen LogP contribution in [0.15, 0.2) is 46.2 Å². The normalized spacial score (nSPS) is 12.0. The van der Waals surface area contributed by atoms with Crippen LogP contribution in [0.3, 0.4) is 0 Å². The Labute approximate surface area is 149 Å². The summed E-state index contributed by atoms with van der Waals surface area (Å²) in [6, 6.07) is 7.18. The van der Waals surface area contributed by atoms with Gasteiger partial charge >= 0.3 is 0 Å². The molecule has 0 aromatic heterocycles. The third kappa shape index (κ3) is 4.27. The van der Waals surface area contributed by atoms with Gasteiger partial charge in [-0.25, -0.2) is 16.8 Å². The van der Waals surface area contributed by atoms with Gasteiger partial charge in [-0.2, -0.15) is 0 Å². The number of sulfonamides is 1. The van der Waals surface area contributed by atoms with Crippen LogP contribution >= 0.6 is 11.6 Å². The van der Waals surface area contributed by atoms with E-state index < -0.39 is 35.4 Å². The van der Waals surface area contributed by atoms with Crippen molar-refractivity contribution in [2.75, 3.05) is 11.0 Å². The van der Waals surface area contributed by atoms with Crippen LogP contribution < -0.4 is 4.72 Å². The third-order valence-corrected chi connectivity index (χ3v) is 6.18. The van der Waals surface area contributed by atoms with E-state index in [1.807, 2.05) is 0 Å². The van der Waals surface area contributed by atoms with Crippen molar-refractivity contribution in [2.24, 2.45) is 0 Å². The van der Waals surface area contributed by atoms with E-state index in [-0.39, 0.29) is 21.2 Å². The molecule has 134 valence electrons. The molecule has 0 aliphatic rings. The number of nitro benzene ring substituents is 1. The summed E-state index contributed by atoms with van der Waals surface area (Å²) in [6.07, 6.45) is 0.990. The average Bonchev–Trinajstić information content (AvgIpc) is 2.48. The molecule has 0 saturated carbocycles. The zero-order valence-corrected chi connectivity index (χ0v) is 15.4. The third-order valence-electron chi connectivity index (χ3n) is 3.31. The highest BCUT2D eigenvalue weighted by molar-refractivity contribution is 7.92. The average molecular weight is 405 g/mol. The first kappa shape index (κ1) is 19.2. The van der Waals surface area contributed by atoms with E-state index in [2.05, 4.69) is 4.72 Å². The van der Waals surface area contributed by atoms with Gasteiger partial charge < -0.3 is 0 Å². The van der Waals surface area contributed by atoms with Crippen molar-refractivity contribution >= 4 is 42.8 Å². The molecule has 11 heteroatoms. The van der Waals surface area contributed by atoms with E-state index >= 15 is 0 Å². The molecule has 8 nitrogen and oxygen atoms in total. The minimum absolute atomic E-state index is 0.00211. The quantitative estimate of drug-likeness (QED) is 0.603. The maximum Gasteiger partial charge on any atom is 0.275 e. The van der Waals surface area contributed by atoms with Crippen LogP contribution in [0.2, 0.25) is 5.02 Å². The predicted octanol–water partition coefficient (Wildman–Crippen LogP) is 2.76. The van der Waals surface area contributed by atoms with Crippen LogP contribution in [-0.2, 0) is 19.9 Å². The predicted molar refractivity (Wildman–Crippen MR) is 93.2 cm³/mol. The van der Waals surface area contributed by atoms with Crippen molar-refractivity contribution in [3.05, 3.63) is 57.1 Å². The number of hydrogen-bond acceptors (Lipinski definition) is 6. The Kier molecular flexibility index (Phi) is 5.07. The molecule has 0 heterocycles. The highest BCUT2D eigenvalue weighted by Gasteiger charge is 2.23. The molecular formula is C14H13ClN2O6S2. The lowest BCUT2D eigenvalue weighted by atomic mass is 10.2. The van der Waals surface area contributed by atoms with Crippen molar-refractivity contribution in [1.29, 1.82) is 0 Å². The van der Waals surface area contributed by atoms with E-state index in [0.29, 0.717) is 0 Å². The second kappa shape index (κ2) is 6.62. The Balaban J connectivity index is 2.49. The first-order chi connectivity index (χ1) is 11.4. The van der Waals surface area contributed by atoms with E-state index in [0.717, 1.165) is 24.5 Å². The monoisotopic (exact) mass is 404 g/mol. The summed E-state index contributed by atoms with van der Waals surface area (Å²) in [5, 5.41) is 11.0. The summed E-state index contributed by atoms with van der Waals surface area (Å²) in [6.45, 7) is 1.40. The first-order valence-electron chi connectivity index (χ1n) is 6.69. The molecule has 25 heavy (non-hydrogen) atoms. The molecule has 0 radical (unpaired) electrons. The second-order valence-electron chi connectivity index (χ2n) is 5.21. The lowest BCUT2D eigenvalue weighted by molar-refractivity contribution is -0.385. The maximum absolute atomic E-state index is 12.5. The van der Waals surface area contributed by atoms with Crippen molar-refractivity contribution in [3.8, 4) is 0 Å². The second-order valence-corrected chi connectivity index (χ2v) is 9.32. The van der Waals surface area contributed by atoms with Gasteiger partial charge in [-0.1, -0.05) is 17.7 Å². The highest BCUT2D eigenvalue weighted by Crippen LogP contribution is 2.30. The topological polar surface area (TPSA) is 123 Å². The Morgan fingerprint density at radius 1 is 1.08 bits per heavy atom. The molecule has 0 spiro atoms. The maximum atomic E-state index is 12.5. The Morgan fingerprint density at radius 3 is 2.28 bits per heavy atom. The minimum atomic E-state index is -4.20. The molecule has 0 aliphatic heterocycles. The summed E-state index contributed by atoms with van der Waals surface area (Å²) in [7, 11) is -7.73. The van der Waals surface area contributed by atoms with Crippen LogP contribution in [0.4, 0.5) is 11.4 Å². The minimum Gasteiger partial charge on any atom is -0.280 e. The fourth-order valence-corrected chi connectivity index (χ4v) is 4.03. The number of halogens is 1. The molecule has 0 aliphatic carbocycles. The van der Waals surface area contributed by atoms with Gasteiger partial charge in [-0.15, -0.1) is 0 Å². The number of anilines is 1. The highest BCUT2D eigenvalue weighted by atomic mass is 35.5. The lowest BCUT2D eigenvalue weighted by Gasteiger charge is -2.10.